The molecule has 2 heterocycles. The molecular weight excluding hydrogens is 463 g/mol. The van der Waals surface area contributed by atoms with Crippen LogP contribution in [0.4, 0.5) is 15.8 Å². The topological polar surface area (TPSA) is 85.3 Å². The molecule has 2 aromatic carbocycles. The highest BCUT2D eigenvalue weighted by atomic mass is 19.1. The number of anilines is 2. The molecule has 4 rings (SSSR count). The quantitative estimate of drug-likeness (QED) is 0.548. The molecule has 0 aromatic heterocycles. The van der Waals surface area contributed by atoms with Crippen LogP contribution in [0.3, 0.4) is 0 Å². The SMILES string of the molecule is CN(CCCN1CCOCC1)C1CCN(c2ccc(C(=O)O)cc2NC(=O)c2ccc(F)cc2)CC1. The number of rotatable bonds is 9. The lowest BCUT2D eigenvalue weighted by Gasteiger charge is -2.39. The summed E-state index contributed by atoms with van der Waals surface area (Å²) < 4.78 is 18.7. The largest absolute Gasteiger partial charge is 0.478 e. The van der Waals surface area contributed by atoms with Gasteiger partial charge in [-0.2, -0.15) is 0 Å². The zero-order valence-corrected chi connectivity index (χ0v) is 20.8. The average Bonchev–Trinajstić information content (AvgIpc) is 2.89. The lowest BCUT2D eigenvalue weighted by molar-refractivity contribution is 0.0357. The minimum atomic E-state index is -1.06. The average molecular weight is 499 g/mol. The van der Waals surface area contributed by atoms with Gasteiger partial charge in [-0.3, -0.25) is 9.69 Å². The number of hydrogen-bond acceptors (Lipinski definition) is 6. The predicted molar refractivity (Wildman–Crippen MR) is 137 cm³/mol. The van der Waals surface area contributed by atoms with Gasteiger partial charge in [0.1, 0.15) is 5.82 Å². The van der Waals surface area contributed by atoms with Crippen molar-refractivity contribution in [1.29, 1.82) is 0 Å². The lowest BCUT2D eigenvalue weighted by atomic mass is 10.0. The van der Waals surface area contributed by atoms with E-state index >= 15 is 0 Å². The van der Waals surface area contributed by atoms with Crippen LogP contribution in [0.5, 0.6) is 0 Å². The summed E-state index contributed by atoms with van der Waals surface area (Å²) >= 11 is 0. The number of halogens is 1. The first-order valence-electron chi connectivity index (χ1n) is 12.6. The third-order valence-corrected chi connectivity index (χ3v) is 7.12. The Labute approximate surface area is 211 Å². The summed E-state index contributed by atoms with van der Waals surface area (Å²) in [6.07, 6.45) is 3.10. The second-order valence-corrected chi connectivity index (χ2v) is 9.50. The Hall–Kier alpha value is -3.01. The number of nitrogens with one attached hydrogen (secondary N) is 1. The number of piperidine rings is 1. The van der Waals surface area contributed by atoms with Gasteiger partial charge in [0.15, 0.2) is 0 Å². The smallest absolute Gasteiger partial charge is 0.335 e. The van der Waals surface area contributed by atoms with Gasteiger partial charge < -0.3 is 25.0 Å². The van der Waals surface area contributed by atoms with Crippen LogP contribution in [-0.2, 0) is 4.74 Å². The predicted octanol–water partition coefficient (Wildman–Crippen LogP) is 3.40. The summed E-state index contributed by atoms with van der Waals surface area (Å²) in [5.41, 5.74) is 1.65. The molecule has 2 aromatic rings. The number of benzene rings is 2. The van der Waals surface area contributed by atoms with Crippen molar-refractivity contribution < 1.29 is 23.8 Å². The van der Waals surface area contributed by atoms with Crippen molar-refractivity contribution in [3.8, 4) is 0 Å². The number of amides is 1. The molecule has 2 aliphatic rings. The maximum absolute atomic E-state index is 13.3. The molecule has 0 spiro atoms. The minimum Gasteiger partial charge on any atom is -0.478 e. The van der Waals surface area contributed by atoms with Crippen molar-refractivity contribution in [2.75, 3.05) is 69.7 Å². The van der Waals surface area contributed by atoms with E-state index in [-0.39, 0.29) is 5.56 Å². The lowest BCUT2D eigenvalue weighted by Crippen LogP contribution is -2.44. The number of ether oxygens (including phenoxy) is 1. The highest BCUT2D eigenvalue weighted by Gasteiger charge is 2.25. The fourth-order valence-electron chi connectivity index (χ4n) is 4.94. The Bertz CT molecular complexity index is 1030. The van der Waals surface area contributed by atoms with E-state index in [4.69, 9.17) is 4.74 Å². The van der Waals surface area contributed by atoms with Crippen molar-refractivity contribution in [2.45, 2.75) is 25.3 Å². The van der Waals surface area contributed by atoms with Crippen LogP contribution in [0, 0.1) is 5.82 Å². The molecule has 0 radical (unpaired) electrons. The summed E-state index contributed by atoms with van der Waals surface area (Å²) in [4.78, 5) is 31.4. The first-order valence-corrected chi connectivity index (χ1v) is 12.6. The van der Waals surface area contributed by atoms with E-state index in [2.05, 4.69) is 27.1 Å². The standard InChI is InChI=1S/C27H35FN4O4/c1-30(11-2-12-31-15-17-36-18-16-31)23-9-13-32(14-10-23)25-8-5-21(27(34)35)19-24(25)29-26(33)20-3-6-22(28)7-4-20/h3-8,19,23H,2,9-18H2,1H3,(H,29,33)(H,34,35). The molecular formula is C27H35FN4O4. The van der Waals surface area contributed by atoms with Crippen molar-refractivity contribution >= 4 is 23.3 Å². The number of carbonyl (C=O) groups is 2. The fraction of sp³-hybridized carbons (Fsp3) is 0.481. The second-order valence-electron chi connectivity index (χ2n) is 9.50. The van der Waals surface area contributed by atoms with E-state index in [1.165, 1.54) is 30.3 Å². The molecule has 0 aliphatic carbocycles. The molecule has 1 amide bonds. The molecule has 2 fully saturated rings. The Morgan fingerprint density at radius 2 is 1.72 bits per heavy atom. The monoisotopic (exact) mass is 498 g/mol. The maximum Gasteiger partial charge on any atom is 0.335 e. The van der Waals surface area contributed by atoms with Gasteiger partial charge in [-0.25, -0.2) is 9.18 Å². The van der Waals surface area contributed by atoms with Gasteiger partial charge in [0, 0.05) is 37.8 Å². The molecule has 2 saturated heterocycles. The number of nitrogens with zero attached hydrogens (tertiary/aromatic N) is 3. The first-order chi connectivity index (χ1) is 17.4. The first kappa shape index (κ1) is 26.1. The van der Waals surface area contributed by atoms with Crippen LogP contribution >= 0.6 is 0 Å². The van der Waals surface area contributed by atoms with E-state index < -0.39 is 17.7 Å². The number of morpholine rings is 1. The van der Waals surface area contributed by atoms with Gasteiger partial charge in [-0.1, -0.05) is 0 Å². The Morgan fingerprint density at radius 1 is 1.06 bits per heavy atom. The number of aromatic carboxylic acids is 1. The molecule has 8 nitrogen and oxygen atoms in total. The molecule has 2 N–H and O–H groups in total. The zero-order chi connectivity index (χ0) is 25.5. The summed E-state index contributed by atoms with van der Waals surface area (Å²) in [5.74, 6) is -1.89. The highest BCUT2D eigenvalue weighted by Crippen LogP contribution is 2.31. The zero-order valence-electron chi connectivity index (χ0n) is 20.8. The Kier molecular flexibility index (Phi) is 8.90. The van der Waals surface area contributed by atoms with Crippen LogP contribution < -0.4 is 10.2 Å². The van der Waals surface area contributed by atoms with Crippen LogP contribution in [0.2, 0.25) is 0 Å². The van der Waals surface area contributed by atoms with Crippen molar-refractivity contribution in [3.05, 3.63) is 59.4 Å². The van der Waals surface area contributed by atoms with Gasteiger partial charge >= 0.3 is 5.97 Å². The summed E-state index contributed by atoms with van der Waals surface area (Å²) in [5, 5.41) is 12.3. The third kappa shape index (κ3) is 6.81. The van der Waals surface area contributed by atoms with Crippen LogP contribution in [0.1, 0.15) is 40.0 Å². The summed E-state index contributed by atoms with van der Waals surface area (Å²) in [7, 11) is 2.19. The maximum atomic E-state index is 13.3. The van der Waals surface area contributed by atoms with Crippen molar-refractivity contribution in [1.82, 2.24) is 9.80 Å². The van der Waals surface area contributed by atoms with E-state index in [0.29, 0.717) is 17.3 Å². The molecule has 9 heteroatoms. The third-order valence-electron chi connectivity index (χ3n) is 7.12. The molecule has 0 atom stereocenters. The number of carbonyl (C=O) groups excluding carboxylic acids is 1. The van der Waals surface area contributed by atoms with Gasteiger partial charge in [0.2, 0.25) is 0 Å². The molecule has 0 saturated carbocycles. The van der Waals surface area contributed by atoms with E-state index in [0.717, 1.165) is 77.4 Å². The van der Waals surface area contributed by atoms with Gasteiger partial charge in [0.05, 0.1) is 30.2 Å². The molecule has 0 unspecified atom stereocenters. The normalized spacial score (nSPS) is 17.4. The summed E-state index contributed by atoms with van der Waals surface area (Å²) in [6.45, 7) is 7.45. The van der Waals surface area contributed by atoms with E-state index in [1.807, 2.05) is 0 Å². The van der Waals surface area contributed by atoms with Crippen LogP contribution in [0.15, 0.2) is 42.5 Å². The van der Waals surface area contributed by atoms with Gasteiger partial charge in [-0.05, 0) is 81.9 Å². The van der Waals surface area contributed by atoms with Crippen LogP contribution in [-0.4, -0.2) is 92.4 Å². The molecule has 194 valence electrons. The molecule has 2 aliphatic heterocycles. The van der Waals surface area contributed by atoms with Gasteiger partial charge in [-0.15, -0.1) is 0 Å². The number of hydrogen-bond donors (Lipinski definition) is 2. The second kappa shape index (κ2) is 12.3. The molecule has 36 heavy (non-hydrogen) atoms. The Balaban J connectivity index is 1.36. The number of carboxylic acids is 1. The van der Waals surface area contributed by atoms with Crippen molar-refractivity contribution in [2.24, 2.45) is 0 Å². The van der Waals surface area contributed by atoms with E-state index in [9.17, 15) is 19.1 Å². The van der Waals surface area contributed by atoms with Crippen LogP contribution in [0.25, 0.3) is 0 Å². The molecule has 0 bridgehead atoms. The number of carboxylic acid groups (broad SMARTS) is 1. The minimum absolute atomic E-state index is 0.100. The fourth-order valence-corrected chi connectivity index (χ4v) is 4.94. The van der Waals surface area contributed by atoms with Crippen molar-refractivity contribution in [3.63, 3.8) is 0 Å². The Morgan fingerprint density at radius 3 is 2.39 bits per heavy atom. The van der Waals surface area contributed by atoms with E-state index in [1.54, 1.807) is 12.1 Å². The van der Waals surface area contributed by atoms with Gasteiger partial charge in [0.25, 0.3) is 5.91 Å². The highest BCUT2D eigenvalue weighted by molar-refractivity contribution is 6.06. The summed E-state index contributed by atoms with van der Waals surface area (Å²) in [6, 6.07) is 10.6.